The number of aromatic nitrogens is 1. The summed E-state index contributed by atoms with van der Waals surface area (Å²) in [7, 11) is 0. The number of hydrogen-bond acceptors (Lipinski definition) is 5. The van der Waals surface area contributed by atoms with Crippen molar-refractivity contribution in [1.82, 2.24) is 9.88 Å². The summed E-state index contributed by atoms with van der Waals surface area (Å²) >= 11 is 0. The minimum atomic E-state index is -0.515. The number of benzene rings is 1. The number of ether oxygens (including phenoxy) is 1. The molecule has 0 bridgehead atoms. The fraction of sp³-hybridized carbons (Fsp3) is 0.455. The number of aromatic hydroxyl groups is 1. The van der Waals surface area contributed by atoms with Crippen LogP contribution in [0.2, 0.25) is 0 Å². The number of nitrogen functional groups attached to an aromatic ring is 1. The zero-order chi connectivity index (χ0) is 20.5. The van der Waals surface area contributed by atoms with E-state index in [0.717, 1.165) is 24.0 Å². The van der Waals surface area contributed by atoms with Gasteiger partial charge in [-0.05, 0) is 69.9 Å². The number of hydrogen-bond donors (Lipinski definition) is 2. The lowest BCUT2D eigenvalue weighted by molar-refractivity contribution is 0.0198. The molecule has 1 unspecified atom stereocenters. The number of pyridine rings is 1. The molecule has 1 aliphatic heterocycles. The number of para-hydroxylation sites is 1. The van der Waals surface area contributed by atoms with Crippen LogP contribution >= 0.6 is 0 Å². The summed E-state index contributed by atoms with van der Waals surface area (Å²) in [5.74, 6) is 0.768. The first-order chi connectivity index (χ1) is 13.2. The van der Waals surface area contributed by atoms with Gasteiger partial charge in [-0.15, -0.1) is 0 Å². The normalized spacial score (nSPS) is 17.4. The summed E-state index contributed by atoms with van der Waals surface area (Å²) in [4.78, 5) is 18.8. The number of amides is 1. The van der Waals surface area contributed by atoms with E-state index in [2.05, 4.69) is 4.98 Å². The summed E-state index contributed by atoms with van der Waals surface area (Å²) in [5.41, 5.74) is 8.97. The second-order valence-corrected chi connectivity index (χ2v) is 8.39. The maximum absolute atomic E-state index is 12.5. The van der Waals surface area contributed by atoms with Gasteiger partial charge in [0.25, 0.3) is 0 Å². The van der Waals surface area contributed by atoms with Crippen LogP contribution < -0.4 is 5.73 Å². The highest BCUT2D eigenvalue weighted by Gasteiger charge is 2.29. The molecular formula is C22H29N3O3. The predicted octanol–water partition coefficient (Wildman–Crippen LogP) is 4.46. The van der Waals surface area contributed by atoms with Gasteiger partial charge >= 0.3 is 6.09 Å². The summed E-state index contributed by atoms with van der Waals surface area (Å²) in [6.45, 7) is 8.85. The smallest absolute Gasteiger partial charge is 0.410 e. The van der Waals surface area contributed by atoms with Crippen molar-refractivity contribution >= 4 is 11.9 Å². The Morgan fingerprint density at radius 2 is 2.04 bits per heavy atom. The van der Waals surface area contributed by atoms with E-state index in [0.29, 0.717) is 30.2 Å². The molecule has 1 amide bonds. The monoisotopic (exact) mass is 383 g/mol. The van der Waals surface area contributed by atoms with Crippen molar-refractivity contribution in [1.29, 1.82) is 0 Å². The third-order valence-corrected chi connectivity index (χ3v) is 5.04. The molecule has 1 aromatic heterocycles. The molecule has 6 heteroatoms. The molecule has 0 saturated carbocycles. The third kappa shape index (κ3) is 4.38. The Labute approximate surface area is 166 Å². The van der Waals surface area contributed by atoms with Gasteiger partial charge in [-0.2, -0.15) is 0 Å². The first kappa shape index (κ1) is 20.0. The van der Waals surface area contributed by atoms with Crippen LogP contribution in [0.25, 0.3) is 11.3 Å². The number of nitrogens with two attached hydrogens (primary N) is 1. The van der Waals surface area contributed by atoms with Crippen LogP contribution in [0, 0.1) is 6.92 Å². The molecule has 28 heavy (non-hydrogen) atoms. The van der Waals surface area contributed by atoms with E-state index in [4.69, 9.17) is 10.5 Å². The fourth-order valence-corrected chi connectivity index (χ4v) is 3.62. The Balaban J connectivity index is 1.90. The molecule has 1 aromatic carbocycles. The van der Waals surface area contributed by atoms with Crippen LogP contribution in [0.4, 0.5) is 10.6 Å². The van der Waals surface area contributed by atoms with E-state index >= 15 is 0 Å². The number of rotatable bonds is 2. The van der Waals surface area contributed by atoms with Gasteiger partial charge in [0, 0.05) is 24.6 Å². The number of likely N-dealkylation sites (tertiary alicyclic amines) is 1. The molecule has 1 saturated heterocycles. The average Bonchev–Trinajstić information content (AvgIpc) is 2.63. The molecule has 0 aliphatic carbocycles. The second kappa shape index (κ2) is 7.70. The third-order valence-electron chi connectivity index (χ3n) is 5.04. The average molecular weight is 383 g/mol. The Kier molecular flexibility index (Phi) is 5.49. The van der Waals surface area contributed by atoms with Gasteiger partial charge in [0.05, 0.1) is 5.69 Å². The number of piperidine rings is 1. The van der Waals surface area contributed by atoms with Gasteiger partial charge < -0.3 is 20.5 Å². The van der Waals surface area contributed by atoms with Gasteiger partial charge in [-0.3, -0.25) is 0 Å². The number of carbonyl (C=O) groups excluding carboxylic acids is 1. The van der Waals surface area contributed by atoms with E-state index in [1.165, 1.54) is 0 Å². The van der Waals surface area contributed by atoms with Crippen molar-refractivity contribution in [2.45, 2.75) is 52.1 Å². The van der Waals surface area contributed by atoms with Crippen molar-refractivity contribution < 1.29 is 14.6 Å². The Hall–Kier alpha value is -2.76. The minimum absolute atomic E-state index is 0.149. The molecule has 3 N–H and O–H groups in total. The maximum atomic E-state index is 12.5. The van der Waals surface area contributed by atoms with Crippen LogP contribution in [0.5, 0.6) is 5.75 Å². The first-order valence-corrected chi connectivity index (χ1v) is 9.69. The summed E-state index contributed by atoms with van der Waals surface area (Å²) in [5, 5.41) is 10.2. The highest BCUT2D eigenvalue weighted by molar-refractivity contribution is 5.70. The van der Waals surface area contributed by atoms with Crippen LogP contribution in [-0.4, -0.2) is 39.8 Å². The second-order valence-electron chi connectivity index (χ2n) is 8.39. The van der Waals surface area contributed by atoms with E-state index in [9.17, 15) is 9.90 Å². The molecule has 0 spiro atoms. The fourth-order valence-electron chi connectivity index (χ4n) is 3.62. The molecule has 2 aromatic rings. The van der Waals surface area contributed by atoms with Crippen LogP contribution in [0.1, 0.15) is 50.7 Å². The van der Waals surface area contributed by atoms with Gasteiger partial charge in [0.1, 0.15) is 17.2 Å². The zero-order valence-corrected chi connectivity index (χ0v) is 17.0. The molecule has 1 atom stereocenters. The first-order valence-electron chi connectivity index (χ1n) is 9.69. The number of anilines is 1. The van der Waals surface area contributed by atoms with E-state index in [1.807, 2.05) is 45.9 Å². The Morgan fingerprint density at radius 3 is 2.71 bits per heavy atom. The number of nitrogens with zero attached hydrogens (tertiary/aromatic N) is 2. The molecule has 3 rings (SSSR count). The predicted molar refractivity (Wildman–Crippen MR) is 110 cm³/mol. The van der Waals surface area contributed by atoms with Crippen molar-refractivity contribution in [2.24, 2.45) is 0 Å². The lowest BCUT2D eigenvalue weighted by atomic mass is 9.87. The van der Waals surface area contributed by atoms with Gasteiger partial charge in [-0.25, -0.2) is 9.78 Å². The van der Waals surface area contributed by atoms with Crippen molar-refractivity contribution in [2.75, 3.05) is 18.8 Å². The van der Waals surface area contributed by atoms with Gasteiger partial charge in [-0.1, -0.05) is 12.1 Å². The molecule has 150 valence electrons. The lowest BCUT2D eigenvalue weighted by Crippen LogP contribution is -2.42. The highest BCUT2D eigenvalue weighted by Crippen LogP contribution is 2.36. The topological polar surface area (TPSA) is 88.7 Å². The lowest BCUT2D eigenvalue weighted by Gasteiger charge is -2.35. The quantitative estimate of drug-likeness (QED) is 0.799. The molecule has 1 aliphatic rings. The number of phenols is 1. The molecule has 0 radical (unpaired) electrons. The van der Waals surface area contributed by atoms with E-state index in [-0.39, 0.29) is 17.8 Å². The Bertz CT molecular complexity index is 874. The molecule has 2 heterocycles. The van der Waals surface area contributed by atoms with Crippen LogP contribution in [0.15, 0.2) is 30.3 Å². The number of carbonyl (C=O) groups is 1. The van der Waals surface area contributed by atoms with E-state index < -0.39 is 5.60 Å². The van der Waals surface area contributed by atoms with E-state index in [1.54, 1.807) is 17.0 Å². The minimum Gasteiger partial charge on any atom is -0.507 e. The Morgan fingerprint density at radius 1 is 1.32 bits per heavy atom. The van der Waals surface area contributed by atoms with Crippen LogP contribution in [0.3, 0.4) is 0 Å². The van der Waals surface area contributed by atoms with Gasteiger partial charge in [0.2, 0.25) is 0 Å². The summed E-state index contributed by atoms with van der Waals surface area (Å²) in [6, 6.07) is 9.08. The summed E-state index contributed by atoms with van der Waals surface area (Å²) in [6.07, 6.45) is 1.58. The van der Waals surface area contributed by atoms with Crippen molar-refractivity contribution in [3.63, 3.8) is 0 Å². The highest BCUT2D eigenvalue weighted by atomic mass is 16.6. The van der Waals surface area contributed by atoms with Gasteiger partial charge in [0.15, 0.2) is 0 Å². The van der Waals surface area contributed by atoms with Crippen molar-refractivity contribution in [3.8, 4) is 17.0 Å². The molecule has 1 fully saturated rings. The summed E-state index contributed by atoms with van der Waals surface area (Å²) < 4.78 is 5.54. The molecular weight excluding hydrogens is 354 g/mol. The largest absolute Gasteiger partial charge is 0.507 e. The van der Waals surface area contributed by atoms with Crippen molar-refractivity contribution in [3.05, 3.63) is 41.5 Å². The number of phenolic OH excluding ortho intramolecular Hbond substituents is 1. The SMILES string of the molecule is Cc1c(C2CCCN(C(=O)OC(C)(C)C)C2)cc(-c2ccccc2O)nc1N. The standard InChI is InChI=1S/C22H29N3O3/c1-14-17(12-18(24-20(14)23)16-9-5-6-10-19(16)26)15-8-7-11-25(13-15)21(27)28-22(2,3)4/h5-6,9-10,12,15,26H,7-8,11,13H2,1-4H3,(H2,23,24). The zero-order valence-electron chi connectivity index (χ0n) is 17.0. The molecule has 6 nitrogen and oxygen atoms in total. The maximum Gasteiger partial charge on any atom is 0.410 e. The van der Waals surface area contributed by atoms with Crippen LogP contribution in [-0.2, 0) is 4.74 Å².